The molecule has 4 rings (SSSR count). The highest BCUT2D eigenvalue weighted by Crippen LogP contribution is 2.39. The summed E-state index contributed by atoms with van der Waals surface area (Å²) in [6.07, 6.45) is 11.5. The van der Waals surface area contributed by atoms with Gasteiger partial charge in [-0.2, -0.15) is 0 Å². The van der Waals surface area contributed by atoms with Crippen molar-refractivity contribution in [2.24, 2.45) is 0 Å². The van der Waals surface area contributed by atoms with Gasteiger partial charge in [0.1, 0.15) is 0 Å². The molecule has 0 unspecified atom stereocenters. The Kier molecular flexibility index (Phi) is 7.11. The van der Waals surface area contributed by atoms with Crippen LogP contribution in [-0.4, -0.2) is 25.6 Å². The number of rotatable bonds is 10. The number of nitrogens with zero attached hydrogens (tertiary/aromatic N) is 3. The van der Waals surface area contributed by atoms with Crippen molar-refractivity contribution in [3.63, 3.8) is 0 Å². The van der Waals surface area contributed by atoms with Crippen molar-refractivity contribution in [2.45, 2.75) is 64.7 Å². The zero-order chi connectivity index (χ0) is 21.6. The van der Waals surface area contributed by atoms with Crippen LogP contribution in [0.15, 0.2) is 48.5 Å². The Labute approximate surface area is 188 Å². The summed E-state index contributed by atoms with van der Waals surface area (Å²) < 4.78 is 0. The number of unbranched alkanes of at least 4 members (excludes halogenated alkanes) is 5. The van der Waals surface area contributed by atoms with E-state index in [0.29, 0.717) is 0 Å². The maximum Gasteiger partial charge on any atom is 0.0726 e. The minimum absolute atomic E-state index is 1.10. The van der Waals surface area contributed by atoms with Crippen LogP contribution in [0.3, 0.4) is 0 Å². The highest BCUT2D eigenvalue weighted by molar-refractivity contribution is 5.96. The van der Waals surface area contributed by atoms with E-state index < -0.39 is 0 Å². The molecule has 0 amide bonds. The highest BCUT2D eigenvalue weighted by Gasteiger charge is 2.22. The number of aromatic nitrogens is 1. The fourth-order valence-corrected chi connectivity index (χ4v) is 4.89. The molecule has 0 atom stereocenters. The smallest absolute Gasteiger partial charge is 0.0726 e. The molecule has 164 valence electrons. The second-order valence-electron chi connectivity index (χ2n) is 9.02. The van der Waals surface area contributed by atoms with E-state index in [9.17, 15) is 0 Å². The van der Waals surface area contributed by atoms with Crippen molar-refractivity contribution in [3.8, 4) is 0 Å². The standard InChI is InChI=1S/C28H37N3/c1-4-5-6-7-8-11-21-30(2)22-17-19-23(20-18-22)31(3)28-24-13-9-10-15-26(24)29-27-16-12-14-25(27)28/h9-10,13,15,17-20H,4-8,11-12,14,16,21H2,1-3H3. The van der Waals surface area contributed by atoms with Crippen LogP contribution in [0.1, 0.15) is 63.1 Å². The van der Waals surface area contributed by atoms with Gasteiger partial charge in [-0.05, 0) is 61.6 Å². The molecule has 1 heterocycles. The van der Waals surface area contributed by atoms with Gasteiger partial charge >= 0.3 is 0 Å². The monoisotopic (exact) mass is 415 g/mol. The van der Waals surface area contributed by atoms with Crippen LogP contribution in [0, 0.1) is 0 Å². The summed E-state index contributed by atoms with van der Waals surface area (Å²) in [5.74, 6) is 0. The molecule has 0 aliphatic heterocycles. The summed E-state index contributed by atoms with van der Waals surface area (Å²) in [5.41, 5.74) is 7.71. The Morgan fingerprint density at radius 1 is 0.806 bits per heavy atom. The minimum atomic E-state index is 1.10. The predicted molar refractivity (Wildman–Crippen MR) is 135 cm³/mol. The van der Waals surface area contributed by atoms with Gasteiger partial charge in [0.05, 0.1) is 11.2 Å². The summed E-state index contributed by atoms with van der Waals surface area (Å²) in [6.45, 7) is 3.41. The molecule has 2 aromatic carbocycles. The number of aryl methyl sites for hydroxylation is 1. The van der Waals surface area contributed by atoms with E-state index in [-0.39, 0.29) is 0 Å². The first-order chi connectivity index (χ1) is 15.2. The zero-order valence-corrected chi connectivity index (χ0v) is 19.5. The molecule has 0 radical (unpaired) electrons. The van der Waals surface area contributed by atoms with E-state index in [2.05, 4.69) is 79.3 Å². The van der Waals surface area contributed by atoms with Crippen molar-refractivity contribution < 1.29 is 0 Å². The lowest BCUT2D eigenvalue weighted by Gasteiger charge is -2.26. The second-order valence-corrected chi connectivity index (χ2v) is 9.02. The molecule has 3 nitrogen and oxygen atoms in total. The van der Waals surface area contributed by atoms with E-state index in [4.69, 9.17) is 4.98 Å². The van der Waals surface area contributed by atoms with Crippen molar-refractivity contribution in [2.75, 3.05) is 30.4 Å². The maximum atomic E-state index is 4.95. The van der Waals surface area contributed by atoms with Crippen molar-refractivity contribution >= 4 is 28.0 Å². The van der Waals surface area contributed by atoms with Gasteiger partial charge in [-0.15, -0.1) is 0 Å². The van der Waals surface area contributed by atoms with Gasteiger partial charge in [-0.25, -0.2) is 0 Å². The Morgan fingerprint density at radius 3 is 2.32 bits per heavy atom. The van der Waals surface area contributed by atoms with E-state index in [1.807, 2.05) is 0 Å². The number of hydrogen-bond donors (Lipinski definition) is 0. The van der Waals surface area contributed by atoms with E-state index >= 15 is 0 Å². The van der Waals surface area contributed by atoms with Crippen LogP contribution < -0.4 is 9.80 Å². The molecule has 0 saturated carbocycles. The second kappa shape index (κ2) is 10.2. The molecule has 3 heteroatoms. The molecular formula is C28H37N3. The SMILES string of the molecule is CCCCCCCCN(C)c1ccc(N(C)c2c3c(nc4ccccc24)CCC3)cc1. The molecule has 3 aromatic rings. The zero-order valence-electron chi connectivity index (χ0n) is 19.5. The Bertz CT molecular complexity index is 993. The van der Waals surface area contributed by atoms with Crippen LogP contribution >= 0.6 is 0 Å². The topological polar surface area (TPSA) is 19.4 Å². The largest absolute Gasteiger partial charge is 0.375 e. The molecule has 0 fully saturated rings. The Balaban J connectivity index is 1.48. The first kappa shape index (κ1) is 21.7. The number of fused-ring (bicyclic) bond motifs is 2. The lowest BCUT2D eigenvalue weighted by molar-refractivity contribution is 0.606. The van der Waals surface area contributed by atoms with Crippen LogP contribution in [-0.2, 0) is 12.8 Å². The molecule has 0 saturated heterocycles. The predicted octanol–water partition coefficient (Wildman–Crippen LogP) is 7.29. The van der Waals surface area contributed by atoms with Gasteiger partial charge in [0.2, 0.25) is 0 Å². The third-order valence-electron chi connectivity index (χ3n) is 6.75. The van der Waals surface area contributed by atoms with Gasteiger partial charge < -0.3 is 9.80 Å². The van der Waals surface area contributed by atoms with Crippen LogP contribution in [0.2, 0.25) is 0 Å². The van der Waals surface area contributed by atoms with E-state index in [1.54, 1.807) is 0 Å². The molecule has 1 aliphatic rings. The lowest BCUT2D eigenvalue weighted by atomic mass is 10.1. The van der Waals surface area contributed by atoms with Gasteiger partial charge in [0, 0.05) is 43.1 Å². The highest BCUT2D eigenvalue weighted by atomic mass is 15.1. The molecule has 0 spiro atoms. The van der Waals surface area contributed by atoms with Crippen molar-refractivity contribution in [1.29, 1.82) is 0 Å². The number of hydrogen-bond acceptors (Lipinski definition) is 3. The van der Waals surface area contributed by atoms with E-state index in [1.165, 1.54) is 78.7 Å². The van der Waals surface area contributed by atoms with Crippen LogP contribution in [0.4, 0.5) is 17.1 Å². The molecule has 1 aliphatic carbocycles. The van der Waals surface area contributed by atoms with Crippen LogP contribution in [0.25, 0.3) is 10.9 Å². The first-order valence-corrected chi connectivity index (χ1v) is 12.1. The summed E-state index contributed by atoms with van der Waals surface area (Å²) in [7, 11) is 4.42. The summed E-state index contributed by atoms with van der Waals surface area (Å²) in [4.78, 5) is 9.71. The summed E-state index contributed by atoms with van der Waals surface area (Å²) >= 11 is 0. The number of benzene rings is 2. The van der Waals surface area contributed by atoms with Gasteiger partial charge in [0.25, 0.3) is 0 Å². The number of para-hydroxylation sites is 1. The normalized spacial score (nSPS) is 12.9. The van der Waals surface area contributed by atoms with Gasteiger partial charge in [-0.1, -0.05) is 57.2 Å². The maximum absolute atomic E-state index is 4.95. The third kappa shape index (κ3) is 4.87. The average molecular weight is 416 g/mol. The van der Waals surface area contributed by atoms with Gasteiger partial charge in [-0.3, -0.25) is 4.98 Å². The Hall–Kier alpha value is -2.55. The fraction of sp³-hybridized carbons (Fsp3) is 0.464. The fourth-order valence-electron chi connectivity index (χ4n) is 4.89. The average Bonchev–Trinajstić information content (AvgIpc) is 3.27. The van der Waals surface area contributed by atoms with Crippen molar-refractivity contribution in [3.05, 3.63) is 59.8 Å². The number of pyridine rings is 1. The molecular weight excluding hydrogens is 378 g/mol. The summed E-state index contributed by atoms with van der Waals surface area (Å²) in [6, 6.07) is 17.7. The van der Waals surface area contributed by atoms with Gasteiger partial charge in [0.15, 0.2) is 0 Å². The quantitative estimate of drug-likeness (QED) is 0.324. The van der Waals surface area contributed by atoms with E-state index in [0.717, 1.165) is 24.9 Å². The third-order valence-corrected chi connectivity index (χ3v) is 6.75. The first-order valence-electron chi connectivity index (χ1n) is 12.1. The van der Waals surface area contributed by atoms with Crippen LogP contribution in [0.5, 0.6) is 0 Å². The lowest BCUT2D eigenvalue weighted by Crippen LogP contribution is -2.18. The molecule has 0 bridgehead atoms. The van der Waals surface area contributed by atoms with Crippen molar-refractivity contribution in [1.82, 2.24) is 4.98 Å². The number of anilines is 3. The molecule has 31 heavy (non-hydrogen) atoms. The summed E-state index contributed by atoms with van der Waals surface area (Å²) in [5, 5.41) is 1.26. The molecule has 1 aromatic heterocycles. The Morgan fingerprint density at radius 2 is 1.52 bits per heavy atom. The minimum Gasteiger partial charge on any atom is -0.375 e. The molecule has 0 N–H and O–H groups in total.